The molecule has 11 heavy (non-hydrogen) atoms. The first-order valence-electron chi connectivity index (χ1n) is 3.28. The van der Waals surface area contributed by atoms with Crippen LogP contribution in [0, 0.1) is 0 Å². The fourth-order valence-corrected chi connectivity index (χ4v) is 1.12. The molecule has 0 bridgehead atoms. The van der Waals surface area contributed by atoms with Gasteiger partial charge in [-0.3, -0.25) is 4.55 Å². The molecule has 1 unspecified atom stereocenters. The Hall–Kier alpha value is -0.390. The predicted molar refractivity (Wildman–Crippen MR) is 41.5 cm³/mol. The highest BCUT2D eigenvalue weighted by atomic mass is 32.3. The van der Waals surface area contributed by atoms with Gasteiger partial charge in [0.15, 0.2) is 0 Å². The highest BCUT2D eigenvalue weighted by Crippen LogP contribution is 2.03. The van der Waals surface area contributed by atoms with Crippen LogP contribution in [0.15, 0.2) is 12.2 Å². The molecule has 0 amide bonds. The van der Waals surface area contributed by atoms with E-state index in [4.69, 9.17) is 4.55 Å². The Labute approximate surface area is 66.8 Å². The van der Waals surface area contributed by atoms with Crippen LogP contribution < -0.4 is 0 Å². The topological polar surface area (TPSA) is 63.6 Å². The zero-order valence-electron chi connectivity index (χ0n) is 6.52. The van der Waals surface area contributed by atoms with Gasteiger partial charge in [0.25, 0.3) is 0 Å². The second-order valence-corrected chi connectivity index (χ2v) is 3.04. The maximum Gasteiger partial charge on any atom is 0.397 e. The average molecular weight is 180 g/mol. The SMILES string of the molecule is CC=CC(CC)OS(=O)(=O)O. The maximum atomic E-state index is 10.2. The molecule has 4 nitrogen and oxygen atoms in total. The highest BCUT2D eigenvalue weighted by Gasteiger charge is 2.11. The van der Waals surface area contributed by atoms with Crippen molar-refractivity contribution >= 4 is 10.4 Å². The van der Waals surface area contributed by atoms with E-state index in [9.17, 15) is 8.42 Å². The number of allylic oxidation sites excluding steroid dienone is 1. The average Bonchev–Trinajstić information content (AvgIpc) is 1.84. The molecule has 0 aliphatic heterocycles. The van der Waals surface area contributed by atoms with Crippen molar-refractivity contribution in [2.24, 2.45) is 0 Å². The molecule has 0 saturated heterocycles. The van der Waals surface area contributed by atoms with Crippen molar-refractivity contribution < 1.29 is 17.2 Å². The minimum Gasteiger partial charge on any atom is -0.264 e. The summed E-state index contributed by atoms with van der Waals surface area (Å²) in [6, 6.07) is 0. The van der Waals surface area contributed by atoms with Gasteiger partial charge >= 0.3 is 10.4 Å². The minimum atomic E-state index is -4.31. The molecule has 0 aromatic rings. The van der Waals surface area contributed by atoms with Crippen molar-refractivity contribution in [3.8, 4) is 0 Å². The van der Waals surface area contributed by atoms with Gasteiger partial charge in [0.1, 0.15) is 0 Å². The van der Waals surface area contributed by atoms with Crippen molar-refractivity contribution in [1.29, 1.82) is 0 Å². The summed E-state index contributed by atoms with van der Waals surface area (Å²) in [5.41, 5.74) is 0. The summed E-state index contributed by atoms with van der Waals surface area (Å²) < 4.78 is 32.9. The van der Waals surface area contributed by atoms with Gasteiger partial charge in [0, 0.05) is 0 Å². The van der Waals surface area contributed by atoms with Crippen molar-refractivity contribution in [2.75, 3.05) is 0 Å². The van der Waals surface area contributed by atoms with Crippen LogP contribution in [0.3, 0.4) is 0 Å². The minimum absolute atomic E-state index is 0.504. The first kappa shape index (κ1) is 10.6. The van der Waals surface area contributed by atoms with Gasteiger partial charge in [-0.05, 0) is 13.3 Å². The molecule has 0 aliphatic carbocycles. The molecule has 66 valence electrons. The van der Waals surface area contributed by atoms with E-state index >= 15 is 0 Å². The summed E-state index contributed by atoms with van der Waals surface area (Å²) in [5, 5.41) is 0. The van der Waals surface area contributed by atoms with E-state index in [1.807, 2.05) is 0 Å². The van der Waals surface area contributed by atoms with E-state index in [1.54, 1.807) is 26.0 Å². The third kappa shape index (κ3) is 6.03. The van der Waals surface area contributed by atoms with Crippen LogP contribution in [0.5, 0.6) is 0 Å². The Balaban J connectivity index is 4.10. The van der Waals surface area contributed by atoms with E-state index in [0.29, 0.717) is 6.42 Å². The molecule has 0 fully saturated rings. The zero-order chi connectivity index (χ0) is 8.91. The lowest BCUT2D eigenvalue weighted by molar-refractivity contribution is 0.216. The lowest BCUT2D eigenvalue weighted by Crippen LogP contribution is -2.14. The molecule has 0 spiro atoms. The molecule has 0 aromatic heterocycles. The molecule has 1 N–H and O–H groups in total. The van der Waals surface area contributed by atoms with Gasteiger partial charge in [-0.25, -0.2) is 4.18 Å². The molecular formula is C6H12O4S. The van der Waals surface area contributed by atoms with E-state index < -0.39 is 16.5 Å². The Morgan fingerprint density at radius 3 is 2.45 bits per heavy atom. The zero-order valence-corrected chi connectivity index (χ0v) is 7.34. The standard InChI is InChI=1S/C6H12O4S/c1-3-5-6(4-2)10-11(7,8)9/h3,5-6H,4H2,1-2H3,(H,7,8,9). The Kier molecular flexibility index (Phi) is 4.32. The lowest BCUT2D eigenvalue weighted by Gasteiger charge is -2.06. The van der Waals surface area contributed by atoms with Gasteiger partial charge in [0.05, 0.1) is 6.10 Å². The third-order valence-corrected chi connectivity index (χ3v) is 1.55. The van der Waals surface area contributed by atoms with Crippen molar-refractivity contribution in [3.63, 3.8) is 0 Å². The summed E-state index contributed by atoms with van der Waals surface area (Å²) in [4.78, 5) is 0. The van der Waals surface area contributed by atoms with Crippen LogP contribution in [0.4, 0.5) is 0 Å². The van der Waals surface area contributed by atoms with Crippen molar-refractivity contribution in [2.45, 2.75) is 26.4 Å². The van der Waals surface area contributed by atoms with Gasteiger partial charge < -0.3 is 0 Å². The second kappa shape index (κ2) is 4.48. The van der Waals surface area contributed by atoms with Crippen LogP contribution in [0.1, 0.15) is 20.3 Å². The first-order valence-corrected chi connectivity index (χ1v) is 4.64. The summed E-state index contributed by atoms with van der Waals surface area (Å²) in [6.07, 6.45) is 3.17. The largest absolute Gasteiger partial charge is 0.397 e. The lowest BCUT2D eigenvalue weighted by atomic mass is 10.3. The Morgan fingerprint density at radius 1 is 1.64 bits per heavy atom. The second-order valence-electron chi connectivity index (χ2n) is 2.00. The number of hydrogen-bond donors (Lipinski definition) is 1. The first-order chi connectivity index (χ1) is 4.99. The fraction of sp³-hybridized carbons (Fsp3) is 0.667. The normalized spacial score (nSPS) is 15.5. The fourth-order valence-electron chi connectivity index (χ4n) is 0.607. The van der Waals surface area contributed by atoms with Crippen LogP contribution in [0.2, 0.25) is 0 Å². The van der Waals surface area contributed by atoms with Gasteiger partial charge in [-0.1, -0.05) is 19.1 Å². The molecule has 0 heterocycles. The highest BCUT2D eigenvalue weighted by molar-refractivity contribution is 7.80. The molecule has 0 aromatic carbocycles. The number of rotatable bonds is 4. The molecule has 1 atom stereocenters. The molecule has 0 saturated carbocycles. The van der Waals surface area contributed by atoms with Crippen LogP contribution >= 0.6 is 0 Å². The molecule has 0 radical (unpaired) electrons. The van der Waals surface area contributed by atoms with E-state index in [1.165, 1.54) is 0 Å². The summed E-state index contributed by atoms with van der Waals surface area (Å²) >= 11 is 0. The summed E-state index contributed by atoms with van der Waals surface area (Å²) in [6.45, 7) is 3.51. The quantitative estimate of drug-likeness (QED) is 0.521. The predicted octanol–water partition coefficient (Wildman–Crippen LogP) is 1.16. The van der Waals surface area contributed by atoms with E-state index in [2.05, 4.69) is 4.18 Å². The number of hydrogen-bond acceptors (Lipinski definition) is 3. The summed E-state index contributed by atoms with van der Waals surface area (Å²) in [5.74, 6) is 0. The molecule has 5 heteroatoms. The van der Waals surface area contributed by atoms with Gasteiger partial charge in [-0.2, -0.15) is 8.42 Å². The van der Waals surface area contributed by atoms with E-state index in [0.717, 1.165) is 0 Å². The molecule has 0 aliphatic rings. The third-order valence-electron chi connectivity index (χ3n) is 1.05. The van der Waals surface area contributed by atoms with E-state index in [-0.39, 0.29) is 0 Å². The van der Waals surface area contributed by atoms with Crippen LogP contribution in [0.25, 0.3) is 0 Å². The smallest absolute Gasteiger partial charge is 0.264 e. The Morgan fingerprint density at radius 2 is 2.18 bits per heavy atom. The van der Waals surface area contributed by atoms with Crippen LogP contribution in [-0.4, -0.2) is 19.1 Å². The van der Waals surface area contributed by atoms with Crippen molar-refractivity contribution in [1.82, 2.24) is 0 Å². The Bertz CT molecular complexity index is 217. The molecule has 0 rings (SSSR count). The monoisotopic (exact) mass is 180 g/mol. The summed E-state index contributed by atoms with van der Waals surface area (Å²) in [7, 11) is -4.31. The van der Waals surface area contributed by atoms with Gasteiger partial charge in [-0.15, -0.1) is 0 Å². The van der Waals surface area contributed by atoms with Crippen molar-refractivity contribution in [3.05, 3.63) is 12.2 Å². The molecular weight excluding hydrogens is 168 g/mol. The maximum absolute atomic E-state index is 10.2. The van der Waals surface area contributed by atoms with Gasteiger partial charge in [0.2, 0.25) is 0 Å². The van der Waals surface area contributed by atoms with Crippen LogP contribution in [-0.2, 0) is 14.6 Å².